The molecule has 0 atom stereocenters. The second-order valence-electron chi connectivity index (χ2n) is 4.16. The Balaban J connectivity index is 2.56. The smallest absolute Gasteiger partial charge is 0.294 e. The van der Waals surface area contributed by atoms with Crippen molar-refractivity contribution in [2.24, 2.45) is 0 Å². The lowest BCUT2D eigenvalue weighted by atomic mass is 10.1. The number of nitro benzene ring substituents is 1. The third kappa shape index (κ3) is 2.91. The molecule has 0 saturated heterocycles. The van der Waals surface area contributed by atoms with Gasteiger partial charge >= 0.3 is 6.18 Å². The molecule has 0 radical (unpaired) electrons. The van der Waals surface area contributed by atoms with Crippen LogP contribution in [-0.2, 0) is 6.18 Å². The van der Waals surface area contributed by atoms with Gasteiger partial charge in [-0.05, 0) is 19.1 Å². The first-order valence-electron chi connectivity index (χ1n) is 5.63. The molecule has 1 heterocycles. The van der Waals surface area contributed by atoms with Crippen LogP contribution in [0.25, 0.3) is 5.69 Å². The maximum Gasteiger partial charge on any atom is 0.435 e. The SMILES string of the molecule is CC(=O)c1cc([N+](=O)[O-])ccc1-n1ccc(C(F)(F)F)n1. The standard InChI is InChI=1S/C12H8F3N3O3/c1-7(19)9-6-8(18(20)21)2-3-10(9)17-5-4-11(16-17)12(13,14)15/h2-6H,1H3. The van der Waals surface area contributed by atoms with Crippen molar-refractivity contribution < 1.29 is 22.9 Å². The predicted octanol–water partition coefficient (Wildman–Crippen LogP) is 3.00. The van der Waals surface area contributed by atoms with E-state index in [1.165, 1.54) is 6.07 Å². The van der Waals surface area contributed by atoms with Gasteiger partial charge in [-0.1, -0.05) is 0 Å². The fraction of sp³-hybridized carbons (Fsp3) is 0.167. The third-order valence-electron chi connectivity index (χ3n) is 2.70. The topological polar surface area (TPSA) is 78.0 Å². The van der Waals surface area contributed by atoms with E-state index in [1.54, 1.807) is 0 Å². The number of hydrogen-bond acceptors (Lipinski definition) is 4. The second kappa shape index (κ2) is 5.00. The van der Waals surface area contributed by atoms with Crippen molar-refractivity contribution in [2.75, 3.05) is 0 Å². The predicted molar refractivity (Wildman–Crippen MR) is 65.2 cm³/mol. The molecule has 0 aliphatic rings. The summed E-state index contributed by atoms with van der Waals surface area (Å²) in [6, 6.07) is 4.04. The van der Waals surface area contributed by atoms with Crippen molar-refractivity contribution in [3.8, 4) is 5.69 Å². The van der Waals surface area contributed by atoms with Crippen LogP contribution in [0.5, 0.6) is 0 Å². The largest absolute Gasteiger partial charge is 0.435 e. The van der Waals surface area contributed by atoms with Crippen LogP contribution in [0.1, 0.15) is 23.0 Å². The Morgan fingerprint density at radius 1 is 1.33 bits per heavy atom. The summed E-state index contributed by atoms with van der Waals surface area (Å²) in [5.41, 5.74) is -1.48. The Morgan fingerprint density at radius 3 is 2.48 bits per heavy atom. The van der Waals surface area contributed by atoms with Gasteiger partial charge in [-0.15, -0.1) is 0 Å². The lowest BCUT2D eigenvalue weighted by molar-refractivity contribution is -0.384. The molecule has 21 heavy (non-hydrogen) atoms. The molecule has 0 aliphatic heterocycles. The minimum Gasteiger partial charge on any atom is -0.294 e. The normalized spacial score (nSPS) is 11.4. The van der Waals surface area contributed by atoms with E-state index in [4.69, 9.17) is 0 Å². The molecule has 1 aromatic heterocycles. The average Bonchev–Trinajstić information content (AvgIpc) is 2.87. The van der Waals surface area contributed by atoms with Crippen molar-refractivity contribution >= 4 is 11.5 Å². The van der Waals surface area contributed by atoms with E-state index in [1.807, 2.05) is 0 Å². The number of nitrogens with zero attached hydrogens (tertiary/aromatic N) is 3. The average molecular weight is 299 g/mol. The van der Waals surface area contributed by atoms with E-state index in [2.05, 4.69) is 5.10 Å². The number of halogens is 3. The van der Waals surface area contributed by atoms with Gasteiger partial charge in [0.25, 0.3) is 5.69 Å². The minimum atomic E-state index is -4.61. The minimum absolute atomic E-state index is 0.0450. The Morgan fingerprint density at radius 2 is 2.00 bits per heavy atom. The number of aromatic nitrogens is 2. The molecule has 2 rings (SSSR count). The zero-order valence-electron chi connectivity index (χ0n) is 10.6. The fourth-order valence-electron chi connectivity index (χ4n) is 1.73. The number of hydrogen-bond donors (Lipinski definition) is 0. The van der Waals surface area contributed by atoms with Gasteiger partial charge in [0.1, 0.15) is 0 Å². The molecule has 0 N–H and O–H groups in total. The summed E-state index contributed by atoms with van der Waals surface area (Å²) in [7, 11) is 0. The maximum atomic E-state index is 12.5. The van der Waals surface area contributed by atoms with E-state index in [-0.39, 0.29) is 16.9 Å². The van der Waals surface area contributed by atoms with Crippen LogP contribution in [0.15, 0.2) is 30.5 Å². The molecule has 0 bridgehead atoms. The van der Waals surface area contributed by atoms with E-state index in [9.17, 15) is 28.1 Å². The highest BCUT2D eigenvalue weighted by Crippen LogP contribution is 2.29. The van der Waals surface area contributed by atoms with Crippen LogP contribution in [0.3, 0.4) is 0 Å². The molecule has 0 aliphatic carbocycles. The monoisotopic (exact) mass is 299 g/mol. The van der Waals surface area contributed by atoms with E-state index in [0.717, 1.165) is 36.0 Å². The Bertz CT molecular complexity index is 722. The van der Waals surface area contributed by atoms with E-state index in [0.29, 0.717) is 0 Å². The van der Waals surface area contributed by atoms with Crippen LogP contribution >= 0.6 is 0 Å². The summed E-state index contributed by atoms with van der Waals surface area (Å²) in [5, 5.41) is 14.0. The number of non-ortho nitro benzene ring substituents is 1. The number of ketones is 1. The molecule has 6 nitrogen and oxygen atoms in total. The van der Waals surface area contributed by atoms with Gasteiger partial charge in [-0.2, -0.15) is 18.3 Å². The van der Waals surface area contributed by atoms with Crippen LogP contribution in [0.2, 0.25) is 0 Å². The molecule has 0 amide bonds. The number of carbonyl (C=O) groups is 1. The van der Waals surface area contributed by atoms with Crippen LogP contribution in [0.4, 0.5) is 18.9 Å². The van der Waals surface area contributed by atoms with Crippen molar-refractivity contribution in [2.45, 2.75) is 13.1 Å². The highest BCUT2D eigenvalue weighted by molar-refractivity contribution is 5.98. The number of benzene rings is 1. The molecule has 0 saturated carbocycles. The van der Waals surface area contributed by atoms with Gasteiger partial charge in [0.15, 0.2) is 11.5 Å². The Labute approximate surface area is 116 Å². The Kier molecular flexibility index (Phi) is 3.50. The van der Waals surface area contributed by atoms with Gasteiger partial charge in [-0.25, -0.2) is 4.68 Å². The first-order chi connectivity index (χ1) is 9.70. The van der Waals surface area contributed by atoms with Gasteiger partial charge in [0.2, 0.25) is 0 Å². The molecule has 110 valence electrons. The lowest BCUT2D eigenvalue weighted by Crippen LogP contribution is -2.09. The highest BCUT2D eigenvalue weighted by atomic mass is 19.4. The highest BCUT2D eigenvalue weighted by Gasteiger charge is 2.33. The summed E-state index contributed by atoms with van der Waals surface area (Å²) in [5.74, 6) is -0.516. The summed E-state index contributed by atoms with van der Waals surface area (Å²) in [6.45, 7) is 1.16. The van der Waals surface area contributed by atoms with Gasteiger partial charge < -0.3 is 0 Å². The quantitative estimate of drug-likeness (QED) is 0.496. The zero-order valence-corrected chi connectivity index (χ0v) is 10.6. The molecule has 9 heteroatoms. The summed E-state index contributed by atoms with van der Waals surface area (Å²) < 4.78 is 38.4. The van der Waals surface area contributed by atoms with Gasteiger partial charge in [0, 0.05) is 23.9 Å². The molecule has 0 spiro atoms. The van der Waals surface area contributed by atoms with Crippen LogP contribution in [0, 0.1) is 10.1 Å². The summed E-state index contributed by atoms with van der Waals surface area (Å²) in [6.07, 6.45) is -3.57. The van der Waals surface area contributed by atoms with Crippen LogP contribution in [-0.4, -0.2) is 20.5 Å². The van der Waals surface area contributed by atoms with Crippen molar-refractivity contribution in [3.05, 3.63) is 51.8 Å². The molecule has 1 aromatic carbocycles. The van der Waals surface area contributed by atoms with Crippen molar-refractivity contribution in [3.63, 3.8) is 0 Å². The van der Waals surface area contributed by atoms with Gasteiger partial charge in [-0.3, -0.25) is 14.9 Å². The summed E-state index contributed by atoms with van der Waals surface area (Å²) >= 11 is 0. The number of rotatable bonds is 3. The zero-order chi connectivity index (χ0) is 15.8. The Hall–Kier alpha value is -2.71. The van der Waals surface area contributed by atoms with E-state index >= 15 is 0 Å². The van der Waals surface area contributed by atoms with Crippen LogP contribution < -0.4 is 0 Å². The molecular formula is C12H8F3N3O3. The molecule has 2 aromatic rings. The second-order valence-corrected chi connectivity index (χ2v) is 4.16. The van der Waals surface area contributed by atoms with E-state index < -0.39 is 22.6 Å². The third-order valence-corrected chi connectivity index (χ3v) is 2.70. The maximum absolute atomic E-state index is 12.5. The van der Waals surface area contributed by atoms with Gasteiger partial charge in [0.05, 0.1) is 10.6 Å². The van der Waals surface area contributed by atoms with Crippen molar-refractivity contribution in [1.82, 2.24) is 9.78 Å². The number of carbonyl (C=O) groups excluding carboxylic acids is 1. The first-order valence-corrected chi connectivity index (χ1v) is 5.63. The van der Waals surface area contributed by atoms with Crippen molar-refractivity contribution in [1.29, 1.82) is 0 Å². The fourth-order valence-corrected chi connectivity index (χ4v) is 1.73. The summed E-state index contributed by atoms with van der Waals surface area (Å²) in [4.78, 5) is 21.5. The first kappa shape index (κ1) is 14.7. The molecular weight excluding hydrogens is 291 g/mol. The lowest BCUT2D eigenvalue weighted by Gasteiger charge is -2.07. The number of nitro groups is 1. The molecule has 0 fully saturated rings. The number of Topliss-reactive ketones (excluding diaryl/α,β-unsaturated/α-hetero) is 1. The molecule has 0 unspecified atom stereocenters. The number of alkyl halides is 3.